The van der Waals surface area contributed by atoms with Crippen molar-refractivity contribution in [1.29, 1.82) is 0 Å². The van der Waals surface area contributed by atoms with Gasteiger partial charge in [-0.15, -0.1) is 12.4 Å². The zero-order chi connectivity index (χ0) is 14.0. The molecule has 0 saturated carbocycles. The van der Waals surface area contributed by atoms with E-state index in [0.29, 0.717) is 0 Å². The molecule has 2 rings (SSSR count). The summed E-state index contributed by atoms with van der Waals surface area (Å²) >= 11 is 0. The summed E-state index contributed by atoms with van der Waals surface area (Å²) in [5.41, 5.74) is 0. The van der Waals surface area contributed by atoms with Gasteiger partial charge in [-0.05, 0) is 39.8 Å². The number of aromatic nitrogens is 2. The standard InChI is InChI=1S/C12H22N4O2S.ClH/c1-4-16-9-12(14-10(16)2)19(17,18)15(3)11-5-7-13-8-6-11;/h9,11,13H,4-8H2,1-3H3;1H. The highest BCUT2D eigenvalue weighted by molar-refractivity contribution is 7.89. The number of hydrogen-bond acceptors (Lipinski definition) is 4. The molecule has 0 bridgehead atoms. The van der Waals surface area contributed by atoms with Crippen LogP contribution in [-0.4, -0.2) is 48.5 Å². The van der Waals surface area contributed by atoms with Gasteiger partial charge in [0.25, 0.3) is 10.0 Å². The SMILES string of the molecule is CCn1cc(S(=O)(=O)N(C)C2CCNCC2)nc1C.Cl. The molecule has 1 saturated heterocycles. The van der Waals surface area contributed by atoms with Crippen LogP contribution in [0.15, 0.2) is 11.2 Å². The number of imidazole rings is 1. The van der Waals surface area contributed by atoms with Crippen LogP contribution in [-0.2, 0) is 16.6 Å². The van der Waals surface area contributed by atoms with E-state index in [1.54, 1.807) is 13.2 Å². The summed E-state index contributed by atoms with van der Waals surface area (Å²) in [6.45, 7) is 6.26. The van der Waals surface area contributed by atoms with Crippen LogP contribution in [0.25, 0.3) is 0 Å². The van der Waals surface area contributed by atoms with Crippen LogP contribution in [0.5, 0.6) is 0 Å². The van der Waals surface area contributed by atoms with E-state index in [9.17, 15) is 8.42 Å². The topological polar surface area (TPSA) is 67.2 Å². The first-order chi connectivity index (χ1) is 8.96. The lowest BCUT2D eigenvalue weighted by Crippen LogP contribution is -2.43. The third-order valence-corrected chi connectivity index (χ3v) is 5.54. The van der Waals surface area contributed by atoms with Gasteiger partial charge in [-0.1, -0.05) is 0 Å². The number of halogens is 1. The predicted octanol–water partition coefficient (Wildman–Crippen LogP) is 1.01. The van der Waals surface area contributed by atoms with Crippen molar-refractivity contribution in [2.75, 3.05) is 20.1 Å². The Hall–Kier alpha value is -0.630. The molecule has 2 heterocycles. The number of rotatable bonds is 4. The van der Waals surface area contributed by atoms with Gasteiger partial charge < -0.3 is 9.88 Å². The van der Waals surface area contributed by atoms with Gasteiger partial charge >= 0.3 is 0 Å². The van der Waals surface area contributed by atoms with E-state index in [0.717, 1.165) is 38.3 Å². The van der Waals surface area contributed by atoms with Gasteiger partial charge in [-0.2, -0.15) is 4.31 Å². The minimum absolute atomic E-state index is 0. The van der Waals surface area contributed by atoms with Crippen molar-refractivity contribution < 1.29 is 8.42 Å². The second-order valence-electron chi connectivity index (χ2n) is 4.91. The Kier molecular flexibility index (Phi) is 6.00. The summed E-state index contributed by atoms with van der Waals surface area (Å²) in [6, 6.07) is 0.0679. The van der Waals surface area contributed by atoms with Gasteiger partial charge in [-0.3, -0.25) is 0 Å². The molecule has 8 heteroatoms. The average molecular weight is 323 g/mol. The largest absolute Gasteiger partial charge is 0.334 e. The first-order valence-electron chi connectivity index (χ1n) is 6.69. The highest BCUT2D eigenvalue weighted by Gasteiger charge is 2.31. The van der Waals surface area contributed by atoms with Crippen LogP contribution in [0.2, 0.25) is 0 Å². The molecule has 0 atom stereocenters. The van der Waals surface area contributed by atoms with E-state index in [-0.39, 0.29) is 23.5 Å². The van der Waals surface area contributed by atoms with Gasteiger partial charge in [0, 0.05) is 25.8 Å². The van der Waals surface area contributed by atoms with E-state index in [1.807, 2.05) is 18.4 Å². The Morgan fingerprint density at radius 3 is 2.55 bits per heavy atom. The van der Waals surface area contributed by atoms with E-state index in [4.69, 9.17) is 0 Å². The van der Waals surface area contributed by atoms with Crippen LogP contribution in [0.1, 0.15) is 25.6 Å². The van der Waals surface area contributed by atoms with Crippen LogP contribution < -0.4 is 5.32 Å². The Balaban J connectivity index is 0.00000200. The van der Waals surface area contributed by atoms with Crippen LogP contribution in [0.4, 0.5) is 0 Å². The lowest BCUT2D eigenvalue weighted by molar-refractivity contribution is 0.296. The van der Waals surface area contributed by atoms with E-state index >= 15 is 0 Å². The van der Waals surface area contributed by atoms with Crippen molar-refractivity contribution in [3.8, 4) is 0 Å². The van der Waals surface area contributed by atoms with Crippen molar-refractivity contribution in [3.05, 3.63) is 12.0 Å². The van der Waals surface area contributed by atoms with Crippen molar-refractivity contribution in [2.45, 2.75) is 44.3 Å². The fraction of sp³-hybridized carbons (Fsp3) is 0.750. The number of sulfonamides is 1. The molecule has 1 aromatic heterocycles. The molecule has 0 aliphatic carbocycles. The first-order valence-corrected chi connectivity index (χ1v) is 8.13. The molecule has 0 unspecified atom stereocenters. The maximum Gasteiger partial charge on any atom is 0.262 e. The molecule has 0 spiro atoms. The van der Waals surface area contributed by atoms with Crippen LogP contribution in [0, 0.1) is 6.92 Å². The molecular weight excluding hydrogens is 300 g/mol. The minimum atomic E-state index is -3.48. The molecule has 0 aromatic carbocycles. The Labute approximate surface area is 127 Å². The molecule has 116 valence electrons. The Morgan fingerprint density at radius 2 is 2.05 bits per heavy atom. The van der Waals surface area contributed by atoms with Gasteiger partial charge in [-0.25, -0.2) is 13.4 Å². The van der Waals surface area contributed by atoms with Crippen molar-refractivity contribution >= 4 is 22.4 Å². The summed E-state index contributed by atoms with van der Waals surface area (Å²) < 4.78 is 28.4. The lowest BCUT2D eigenvalue weighted by atomic mass is 10.1. The molecule has 0 amide bonds. The van der Waals surface area contributed by atoms with Gasteiger partial charge in [0.15, 0.2) is 5.03 Å². The van der Waals surface area contributed by atoms with Gasteiger partial charge in [0.05, 0.1) is 0 Å². The van der Waals surface area contributed by atoms with E-state index in [1.165, 1.54) is 4.31 Å². The monoisotopic (exact) mass is 322 g/mol. The molecule has 1 aromatic rings. The number of aryl methyl sites for hydroxylation is 2. The summed E-state index contributed by atoms with van der Waals surface area (Å²) in [5, 5.41) is 3.40. The first kappa shape index (κ1) is 17.4. The zero-order valence-electron chi connectivity index (χ0n) is 12.2. The summed E-state index contributed by atoms with van der Waals surface area (Å²) in [6.07, 6.45) is 3.33. The third-order valence-electron chi connectivity index (χ3n) is 3.76. The molecule has 1 N–H and O–H groups in total. The van der Waals surface area contributed by atoms with E-state index in [2.05, 4.69) is 10.3 Å². The Bertz CT molecular complexity index is 538. The van der Waals surface area contributed by atoms with Gasteiger partial charge in [0.2, 0.25) is 0 Å². The van der Waals surface area contributed by atoms with Crippen molar-refractivity contribution in [2.24, 2.45) is 0 Å². The fourth-order valence-corrected chi connectivity index (χ4v) is 3.84. The number of nitrogens with zero attached hydrogens (tertiary/aromatic N) is 3. The lowest BCUT2D eigenvalue weighted by Gasteiger charge is -2.30. The normalized spacial score (nSPS) is 17.2. The maximum absolute atomic E-state index is 12.5. The zero-order valence-corrected chi connectivity index (χ0v) is 13.8. The second kappa shape index (κ2) is 6.89. The molecule has 1 aliphatic rings. The highest BCUT2D eigenvalue weighted by atomic mass is 35.5. The maximum atomic E-state index is 12.5. The molecule has 0 radical (unpaired) electrons. The molecule has 20 heavy (non-hydrogen) atoms. The van der Waals surface area contributed by atoms with Crippen LogP contribution >= 0.6 is 12.4 Å². The molecular formula is C12H23ClN4O2S. The Morgan fingerprint density at radius 1 is 1.45 bits per heavy atom. The quantitative estimate of drug-likeness (QED) is 0.898. The van der Waals surface area contributed by atoms with Crippen molar-refractivity contribution in [3.63, 3.8) is 0 Å². The summed E-state index contributed by atoms with van der Waals surface area (Å²) in [4.78, 5) is 4.19. The highest BCUT2D eigenvalue weighted by Crippen LogP contribution is 2.20. The smallest absolute Gasteiger partial charge is 0.262 e. The third kappa shape index (κ3) is 3.33. The number of piperidine rings is 1. The fourth-order valence-electron chi connectivity index (χ4n) is 2.44. The number of nitrogens with one attached hydrogen (secondary N) is 1. The molecule has 1 aliphatic heterocycles. The van der Waals surface area contributed by atoms with Crippen molar-refractivity contribution in [1.82, 2.24) is 19.2 Å². The van der Waals surface area contributed by atoms with E-state index < -0.39 is 10.0 Å². The number of hydrogen-bond donors (Lipinski definition) is 1. The van der Waals surface area contributed by atoms with Crippen LogP contribution in [0.3, 0.4) is 0 Å². The summed E-state index contributed by atoms with van der Waals surface area (Å²) in [7, 11) is -1.82. The predicted molar refractivity (Wildman–Crippen MR) is 80.7 cm³/mol. The second-order valence-corrected chi connectivity index (χ2v) is 6.86. The average Bonchev–Trinajstić information content (AvgIpc) is 2.81. The molecule has 6 nitrogen and oxygen atoms in total. The summed E-state index contributed by atoms with van der Waals surface area (Å²) in [5.74, 6) is 0.736. The molecule has 1 fully saturated rings. The minimum Gasteiger partial charge on any atom is -0.334 e. The van der Waals surface area contributed by atoms with Gasteiger partial charge in [0.1, 0.15) is 5.82 Å².